The predicted molar refractivity (Wildman–Crippen MR) is 88.2 cm³/mol. The second-order valence-corrected chi connectivity index (χ2v) is 5.82. The third kappa shape index (κ3) is 4.76. The molecule has 6 nitrogen and oxygen atoms in total. The van der Waals surface area contributed by atoms with Gasteiger partial charge in [-0.05, 0) is 31.9 Å². The number of methoxy groups -OCH3 is 2. The zero-order chi connectivity index (χ0) is 16.8. The van der Waals surface area contributed by atoms with Gasteiger partial charge in [0.15, 0.2) is 0 Å². The van der Waals surface area contributed by atoms with Crippen LogP contribution in [0.25, 0.3) is 0 Å². The van der Waals surface area contributed by atoms with Crippen LogP contribution in [0.3, 0.4) is 0 Å². The van der Waals surface area contributed by atoms with Crippen molar-refractivity contribution in [1.29, 1.82) is 0 Å². The molecule has 0 aliphatic carbocycles. The highest BCUT2D eigenvalue weighted by Gasteiger charge is 2.25. The van der Waals surface area contributed by atoms with Gasteiger partial charge in [-0.1, -0.05) is 6.07 Å². The molecule has 0 aromatic heterocycles. The molecule has 2 rings (SSSR count). The zero-order valence-electron chi connectivity index (χ0n) is 14.3. The van der Waals surface area contributed by atoms with Crippen molar-refractivity contribution in [2.75, 3.05) is 33.9 Å². The van der Waals surface area contributed by atoms with Crippen LogP contribution in [-0.4, -0.2) is 57.0 Å². The van der Waals surface area contributed by atoms with Crippen LogP contribution in [0.2, 0.25) is 0 Å². The minimum absolute atomic E-state index is 0.0421. The van der Waals surface area contributed by atoms with Gasteiger partial charge in [-0.3, -0.25) is 0 Å². The molecule has 1 aromatic carbocycles. The molecule has 1 fully saturated rings. The summed E-state index contributed by atoms with van der Waals surface area (Å²) in [5, 5.41) is 2.97. The molecule has 6 heteroatoms. The Morgan fingerprint density at radius 1 is 1.26 bits per heavy atom. The van der Waals surface area contributed by atoms with E-state index in [2.05, 4.69) is 5.32 Å². The second-order valence-electron chi connectivity index (χ2n) is 5.82. The van der Waals surface area contributed by atoms with E-state index >= 15 is 0 Å². The molecule has 2 atom stereocenters. The lowest BCUT2D eigenvalue weighted by atomic mass is 10.1. The van der Waals surface area contributed by atoms with E-state index in [1.54, 1.807) is 14.2 Å². The van der Waals surface area contributed by atoms with Crippen molar-refractivity contribution in [3.63, 3.8) is 0 Å². The molecule has 1 aromatic rings. The fraction of sp³-hybridized carbons (Fsp3) is 0.588. The number of hydrogen-bond donors (Lipinski definition) is 1. The van der Waals surface area contributed by atoms with Crippen LogP contribution in [0.1, 0.15) is 19.4 Å². The van der Waals surface area contributed by atoms with E-state index in [0.717, 1.165) is 17.1 Å². The summed E-state index contributed by atoms with van der Waals surface area (Å²) >= 11 is 0. The van der Waals surface area contributed by atoms with E-state index in [0.29, 0.717) is 26.1 Å². The van der Waals surface area contributed by atoms with Crippen molar-refractivity contribution in [3.8, 4) is 11.5 Å². The molecular formula is C17H26N2O4. The first-order valence-electron chi connectivity index (χ1n) is 7.92. The lowest BCUT2D eigenvalue weighted by Crippen LogP contribution is -2.51. The lowest BCUT2D eigenvalue weighted by Gasteiger charge is -2.35. The standard InChI is InChI=1S/C17H26N2O4/c1-12-10-19(11-13(2)23-12)17(20)18-8-7-14-5-6-15(21-3)9-16(14)22-4/h5-6,9,12-13H,7-8,10-11H2,1-4H3,(H,18,20)/t12-,13+. The van der Waals surface area contributed by atoms with E-state index < -0.39 is 0 Å². The number of hydrogen-bond acceptors (Lipinski definition) is 4. The summed E-state index contributed by atoms with van der Waals surface area (Å²) in [4.78, 5) is 14.1. The van der Waals surface area contributed by atoms with Crippen molar-refractivity contribution in [2.24, 2.45) is 0 Å². The molecule has 0 spiro atoms. The maximum atomic E-state index is 12.2. The number of benzene rings is 1. The van der Waals surface area contributed by atoms with Crippen molar-refractivity contribution in [3.05, 3.63) is 23.8 Å². The molecule has 1 aliphatic heterocycles. The number of rotatable bonds is 5. The van der Waals surface area contributed by atoms with Gasteiger partial charge in [0.05, 0.1) is 26.4 Å². The number of nitrogens with zero attached hydrogens (tertiary/aromatic N) is 1. The van der Waals surface area contributed by atoms with Gasteiger partial charge in [0.25, 0.3) is 0 Å². The summed E-state index contributed by atoms with van der Waals surface area (Å²) in [6.07, 6.45) is 0.853. The first-order chi connectivity index (χ1) is 11.0. The van der Waals surface area contributed by atoms with Gasteiger partial charge in [-0.2, -0.15) is 0 Å². The smallest absolute Gasteiger partial charge is 0.317 e. The number of morpholine rings is 1. The van der Waals surface area contributed by atoms with E-state index in [1.807, 2.05) is 36.9 Å². The summed E-state index contributed by atoms with van der Waals surface area (Å²) in [5.74, 6) is 1.53. The Kier molecular flexibility index (Phi) is 6.10. The molecule has 0 bridgehead atoms. The molecule has 1 heterocycles. The number of nitrogens with one attached hydrogen (secondary N) is 1. The van der Waals surface area contributed by atoms with E-state index in [9.17, 15) is 4.79 Å². The van der Waals surface area contributed by atoms with Crippen LogP contribution >= 0.6 is 0 Å². The Balaban J connectivity index is 1.86. The largest absolute Gasteiger partial charge is 0.497 e. The molecule has 1 N–H and O–H groups in total. The average Bonchev–Trinajstić information content (AvgIpc) is 2.54. The van der Waals surface area contributed by atoms with Gasteiger partial charge in [-0.15, -0.1) is 0 Å². The first-order valence-corrected chi connectivity index (χ1v) is 7.92. The fourth-order valence-electron chi connectivity index (χ4n) is 2.82. The van der Waals surface area contributed by atoms with Gasteiger partial charge in [0, 0.05) is 25.7 Å². The van der Waals surface area contributed by atoms with Crippen molar-refractivity contribution in [2.45, 2.75) is 32.5 Å². The molecule has 1 saturated heterocycles. The molecule has 23 heavy (non-hydrogen) atoms. The number of ether oxygens (including phenoxy) is 3. The molecule has 0 unspecified atom stereocenters. The SMILES string of the molecule is COc1ccc(CCNC(=O)N2C[C@@H](C)O[C@@H](C)C2)c(OC)c1. The molecular weight excluding hydrogens is 296 g/mol. The molecule has 128 valence electrons. The summed E-state index contributed by atoms with van der Waals surface area (Å²) in [5.41, 5.74) is 1.04. The molecule has 2 amide bonds. The topological polar surface area (TPSA) is 60.0 Å². The Labute approximate surface area is 137 Å². The minimum Gasteiger partial charge on any atom is -0.497 e. The van der Waals surface area contributed by atoms with E-state index in [4.69, 9.17) is 14.2 Å². The highest BCUT2D eigenvalue weighted by Crippen LogP contribution is 2.24. The Morgan fingerprint density at radius 2 is 1.96 bits per heavy atom. The number of carbonyl (C=O) groups is 1. The quantitative estimate of drug-likeness (QED) is 0.901. The predicted octanol–water partition coefficient (Wildman–Crippen LogP) is 2.07. The zero-order valence-corrected chi connectivity index (χ0v) is 14.3. The summed E-state index contributed by atoms with van der Waals surface area (Å²) in [6, 6.07) is 5.66. The number of amides is 2. The van der Waals surface area contributed by atoms with Crippen LogP contribution in [0, 0.1) is 0 Å². The Bertz CT molecular complexity index is 525. The Hall–Kier alpha value is -1.95. The van der Waals surface area contributed by atoms with Gasteiger partial charge < -0.3 is 24.4 Å². The van der Waals surface area contributed by atoms with Crippen LogP contribution in [0.4, 0.5) is 4.79 Å². The van der Waals surface area contributed by atoms with Crippen molar-refractivity contribution in [1.82, 2.24) is 10.2 Å². The number of carbonyl (C=O) groups excluding carboxylic acids is 1. The van der Waals surface area contributed by atoms with Crippen LogP contribution in [0.5, 0.6) is 11.5 Å². The number of urea groups is 1. The minimum atomic E-state index is -0.0421. The van der Waals surface area contributed by atoms with E-state index in [-0.39, 0.29) is 18.2 Å². The molecule has 1 aliphatic rings. The lowest BCUT2D eigenvalue weighted by molar-refractivity contribution is -0.0544. The van der Waals surface area contributed by atoms with Gasteiger partial charge in [0.2, 0.25) is 0 Å². The average molecular weight is 322 g/mol. The van der Waals surface area contributed by atoms with Crippen molar-refractivity contribution < 1.29 is 19.0 Å². The monoisotopic (exact) mass is 322 g/mol. The molecule has 0 saturated carbocycles. The van der Waals surface area contributed by atoms with Crippen LogP contribution in [0.15, 0.2) is 18.2 Å². The van der Waals surface area contributed by atoms with Crippen molar-refractivity contribution >= 4 is 6.03 Å². The maximum Gasteiger partial charge on any atom is 0.317 e. The summed E-state index contributed by atoms with van der Waals surface area (Å²) in [6.45, 7) is 5.78. The Morgan fingerprint density at radius 3 is 2.57 bits per heavy atom. The maximum absolute atomic E-state index is 12.2. The first kappa shape index (κ1) is 17.4. The van der Waals surface area contributed by atoms with Gasteiger partial charge in [0.1, 0.15) is 11.5 Å². The second kappa shape index (κ2) is 8.06. The highest BCUT2D eigenvalue weighted by atomic mass is 16.5. The third-order valence-corrected chi connectivity index (χ3v) is 3.87. The summed E-state index contributed by atoms with van der Waals surface area (Å²) in [7, 11) is 3.26. The highest BCUT2D eigenvalue weighted by molar-refractivity contribution is 5.74. The normalized spacial score (nSPS) is 21.0. The van der Waals surface area contributed by atoms with E-state index in [1.165, 1.54) is 0 Å². The van der Waals surface area contributed by atoms with Crippen LogP contribution in [-0.2, 0) is 11.2 Å². The van der Waals surface area contributed by atoms with Gasteiger partial charge in [-0.25, -0.2) is 4.79 Å². The molecule has 0 radical (unpaired) electrons. The van der Waals surface area contributed by atoms with Crippen LogP contribution < -0.4 is 14.8 Å². The summed E-state index contributed by atoms with van der Waals surface area (Å²) < 4.78 is 16.2. The van der Waals surface area contributed by atoms with Gasteiger partial charge >= 0.3 is 6.03 Å². The third-order valence-electron chi connectivity index (χ3n) is 3.87. The fourth-order valence-corrected chi connectivity index (χ4v) is 2.82.